The van der Waals surface area contributed by atoms with Gasteiger partial charge in [-0.25, -0.2) is 4.98 Å². The summed E-state index contributed by atoms with van der Waals surface area (Å²) in [5, 5.41) is 0.742. The molecule has 0 radical (unpaired) electrons. The van der Waals surface area contributed by atoms with Gasteiger partial charge in [0.15, 0.2) is 0 Å². The summed E-state index contributed by atoms with van der Waals surface area (Å²) in [7, 11) is 0. The molecule has 1 atom stereocenters. The van der Waals surface area contributed by atoms with E-state index in [9.17, 15) is 0 Å². The first-order valence-corrected chi connectivity index (χ1v) is 9.38. The summed E-state index contributed by atoms with van der Waals surface area (Å²) >= 11 is 6.29. The van der Waals surface area contributed by atoms with Crippen LogP contribution in [0.1, 0.15) is 36.2 Å². The van der Waals surface area contributed by atoms with E-state index in [1.54, 1.807) is 0 Å². The smallest absolute Gasteiger partial charge is 0.117 e. The number of fused-ring (bicyclic) bond motifs is 1. The molecule has 0 fully saturated rings. The Hall–Kier alpha value is -2.58. The molecule has 1 aromatic heterocycles. The molecule has 0 N–H and O–H groups in total. The van der Waals surface area contributed by atoms with E-state index >= 15 is 0 Å². The fourth-order valence-corrected chi connectivity index (χ4v) is 3.73. The van der Waals surface area contributed by atoms with Crippen LogP contribution in [0, 0.1) is 0 Å². The minimum atomic E-state index is 0.256. The molecule has 4 aromatic rings. The zero-order valence-corrected chi connectivity index (χ0v) is 15.5. The second kappa shape index (κ2) is 7.35. The summed E-state index contributed by atoms with van der Waals surface area (Å²) in [5.41, 5.74) is 4.64. The van der Waals surface area contributed by atoms with E-state index in [-0.39, 0.29) is 5.92 Å². The predicted molar refractivity (Wildman–Crippen MR) is 109 cm³/mol. The Morgan fingerprint density at radius 1 is 0.923 bits per heavy atom. The molecule has 0 aliphatic heterocycles. The number of hydrogen-bond donors (Lipinski definition) is 0. The number of imidazole rings is 1. The lowest BCUT2D eigenvalue weighted by atomic mass is 9.95. The summed E-state index contributed by atoms with van der Waals surface area (Å²) in [6, 6.07) is 27.1. The molecule has 1 heterocycles. The molecule has 3 aromatic carbocycles. The molecule has 0 bridgehead atoms. The van der Waals surface area contributed by atoms with Crippen LogP contribution in [-0.2, 0) is 6.54 Å². The van der Waals surface area contributed by atoms with Gasteiger partial charge in [-0.15, -0.1) is 0 Å². The van der Waals surface area contributed by atoms with Crippen molar-refractivity contribution in [1.82, 2.24) is 9.55 Å². The number of rotatable bonds is 5. The Morgan fingerprint density at radius 2 is 1.62 bits per heavy atom. The lowest BCUT2D eigenvalue weighted by molar-refractivity contribution is 0.655. The second-order valence-electron chi connectivity index (χ2n) is 6.55. The van der Waals surface area contributed by atoms with Crippen LogP contribution < -0.4 is 0 Å². The average molecular weight is 361 g/mol. The van der Waals surface area contributed by atoms with Gasteiger partial charge in [-0.1, -0.05) is 79.2 Å². The molecule has 1 unspecified atom stereocenters. The van der Waals surface area contributed by atoms with E-state index in [0.717, 1.165) is 34.8 Å². The van der Waals surface area contributed by atoms with E-state index in [1.165, 1.54) is 11.1 Å². The van der Waals surface area contributed by atoms with Gasteiger partial charge in [-0.2, -0.15) is 0 Å². The van der Waals surface area contributed by atoms with Gasteiger partial charge in [0.2, 0.25) is 0 Å². The van der Waals surface area contributed by atoms with Gasteiger partial charge in [0.1, 0.15) is 5.82 Å². The van der Waals surface area contributed by atoms with Crippen molar-refractivity contribution in [3.63, 3.8) is 0 Å². The maximum absolute atomic E-state index is 6.29. The van der Waals surface area contributed by atoms with Crippen molar-refractivity contribution < 1.29 is 0 Å². The summed E-state index contributed by atoms with van der Waals surface area (Å²) in [6.45, 7) is 3.01. The van der Waals surface area contributed by atoms with Gasteiger partial charge < -0.3 is 4.57 Å². The fourth-order valence-electron chi connectivity index (χ4n) is 3.57. The van der Waals surface area contributed by atoms with Gasteiger partial charge >= 0.3 is 0 Å². The van der Waals surface area contributed by atoms with Crippen LogP contribution in [0.5, 0.6) is 0 Å². The SMILES string of the molecule is CCC(c1ccccc1)c1nc2ccc(Cl)cc2n1Cc1ccccc1. The number of halogens is 1. The Bertz CT molecular complexity index is 1010. The fraction of sp³-hybridized carbons (Fsp3) is 0.174. The molecule has 0 aliphatic carbocycles. The van der Waals surface area contributed by atoms with Crippen molar-refractivity contribution in [2.24, 2.45) is 0 Å². The molecule has 26 heavy (non-hydrogen) atoms. The Labute approximate surface area is 159 Å². The summed E-state index contributed by atoms with van der Waals surface area (Å²) in [4.78, 5) is 5.00. The standard InChI is InChI=1S/C23H21ClN2/c1-2-20(18-11-7-4-8-12-18)23-25-21-14-13-19(24)15-22(21)26(23)16-17-9-5-3-6-10-17/h3-15,20H,2,16H2,1H3. The van der Waals surface area contributed by atoms with Crippen LogP contribution >= 0.6 is 11.6 Å². The van der Waals surface area contributed by atoms with Crippen LogP contribution in [0.4, 0.5) is 0 Å². The monoisotopic (exact) mass is 360 g/mol. The highest BCUT2D eigenvalue weighted by molar-refractivity contribution is 6.31. The van der Waals surface area contributed by atoms with Crippen molar-refractivity contribution in [2.75, 3.05) is 0 Å². The molecule has 3 heteroatoms. The number of nitrogens with zero attached hydrogens (tertiary/aromatic N) is 2. The minimum Gasteiger partial charge on any atom is -0.323 e. The summed E-state index contributed by atoms with van der Waals surface area (Å²) in [6.07, 6.45) is 0.996. The van der Waals surface area contributed by atoms with E-state index in [2.05, 4.69) is 66.1 Å². The molecule has 0 saturated carbocycles. The first-order valence-electron chi connectivity index (χ1n) is 9.01. The van der Waals surface area contributed by atoms with E-state index < -0.39 is 0 Å². The maximum Gasteiger partial charge on any atom is 0.117 e. The minimum absolute atomic E-state index is 0.256. The Balaban J connectivity index is 1.89. The maximum atomic E-state index is 6.29. The number of benzene rings is 3. The lowest BCUT2D eigenvalue weighted by Gasteiger charge is -2.18. The van der Waals surface area contributed by atoms with Crippen molar-refractivity contribution in [1.29, 1.82) is 0 Å². The first-order chi connectivity index (χ1) is 12.8. The highest BCUT2D eigenvalue weighted by Crippen LogP contribution is 2.31. The summed E-state index contributed by atoms with van der Waals surface area (Å²) in [5.74, 6) is 1.35. The molecule has 0 spiro atoms. The topological polar surface area (TPSA) is 17.8 Å². The summed E-state index contributed by atoms with van der Waals surface area (Å²) < 4.78 is 2.32. The third-order valence-corrected chi connectivity index (χ3v) is 5.08. The Kier molecular flexibility index (Phi) is 4.77. The van der Waals surface area contributed by atoms with Crippen molar-refractivity contribution in [2.45, 2.75) is 25.8 Å². The highest BCUT2D eigenvalue weighted by Gasteiger charge is 2.21. The van der Waals surface area contributed by atoms with Crippen LogP contribution in [-0.4, -0.2) is 9.55 Å². The third-order valence-electron chi connectivity index (χ3n) is 4.85. The zero-order chi connectivity index (χ0) is 17.9. The number of hydrogen-bond acceptors (Lipinski definition) is 1. The molecule has 0 aliphatic rings. The van der Waals surface area contributed by atoms with Crippen LogP contribution in [0.2, 0.25) is 5.02 Å². The molecule has 0 amide bonds. The zero-order valence-electron chi connectivity index (χ0n) is 14.8. The Morgan fingerprint density at radius 3 is 2.31 bits per heavy atom. The van der Waals surface area contributed by atoms with Crippen LogP contribution in [0.3, 0.4) is 0 Å². The molecular formula is C23H21ClN2. The molecule has 130 valence electrons. The molecule has 0 saturated heterocycles. The largest absolute Gasteiger partial charge is 0.323 e. The van der Waals surface area contributed by atoms with Crippen LogP contribution in [0.15, 0.2) is 78.9 Å². The molecular weight excluding hydrogens is 340 g/mol. The second-order valence-corrected chi connectivity index (χ2v) is 6.98. The highest BCUT2D eigenvalue weighted by atomic mass is 35.5. The normalized spacial score (nSPS) is 12.4. The molecule has 4 rings (SSSR count). The van der Waals surface area contributed by atoms with Gasteiger partial charge in [0, 0.05) is 17.5 Å². The van der Waals surface area contributed by atoms with E-state index in [0.29, 0.717) is 0 Å². The van der Waals surface area contributed by atoms with Crippen molar-refractivity contribution >= 4 is 22.6 Å². The van der Waals surface area contributed by atoms with Gasteiger partial charge in [-0.05, 0) is 35.7 Å². The van der Waals surface area contributed by atoms with Crippen molar-refractivity contribution in [3.05, 3.63) is 101 Å². The first kappa shape index (κ1) is 16.9. The van der Waals surface area contributed by atoms with Crippen LogP contribution in [0.25, 0.3) is 11.0 Å². The molecule has 2 nitrogen and oxygen atoms in total. The van der Waals surface area contributed by atoms with Crippen molar-refractivity contribution in [3.8, 4) is 0 Å². The van der Waals surface area contributed by atoms with Gasteiger partial charge in [-0.3, -0.25) is 0 Å². The van der Waals surface area contributed by atoms with E-state index in [4.69, 9.17) is 16.6 Å². The number of aromatic nitrogens is 2. The quantitative estimate of drug-likeness (QED) is 0.409. The van der Waals surface area contributed by atoms with E-state index in [1.807, 2.05) is 24.3 Å². The third kappa shape index (κ3) is 3.25. The average Bonchev–Trinajstić information content (AvgIpc) is 3.02. The van der Waals surface area contributed by atoms with Gasteiger partial charge in [0.25, 0.3) is 0 Å². The predicted octanol–water partition coefficient (Wildman–Crippen LogP) is 6.28. The lowest BCUT2D eigenvalue weighted by Crippen LogP contribution is -2.11. The van der Waals surface area contributed by atoms with Gasteiger partial charge in [0.05, 0.1) is 11.0 Å².